The molecule has 3 unspecified atom stereocenters. The van der Waals surface area contributed by atoms with Gasteiger partial charge in [-0.3, -0.25) is 0 Å². The zero-order chi connectivity index (χ0) is 15.0. The number of nitrogens with zero attached hydrogens (tertiary/aromatic N) is 1. The Morgan fingerprint density at radius 3 is 3.00 bits per heavy atom. The molecular weight excluding hydrogens is 421 g/mol. The van der Waals surface area contributed by atoms with Crippen LogP contribution in [0.5, 0.6) is 0 Å². The van der Waals surface area contributed by atoms with Gasteiger partial charge < -0.3 is 15.4 Å². The van der Waals surface area contributed by atoms with E-state index in [0.29, 0.717) is 23.5 Å². The van der Waals surface area contributed by atoms with Crippen LogP contribution in [-0.4, -0.2) is 31.3 Å². The summed E-state index contributed by atoms with van der Waals surface area (Å²) in [5, 5.41) is 11.4. The summed E-state index contributed by atoms with van der Waals surface area (Å²) in [6.45, 7) is 4.73. The number of rotatable bonds is 4. The average Bonchev–Trinajstić information content (AvgIpc) is 3.10. The smallest absolute Gasteiger partial charge is 0.191 e. The number of ether oxygens (including phenoxy) is 1. The van der Waals surface area contributed by atoms with Gasteiger partial charge in [-0.15, -0.1) is 24.0 Å². The second-order valence-electron chi connectivity index (χ2n) is 6.78. The molecule has 4 rings (SSSR count). The highest BCUT2D eigenvalue weighted by Gasteiger charge is 2.66. The SMILES string of the molecule is CCNC(=NCc1ccsc1)NC1C2CCOC2C12CCC2.I. The molecule has 2 aliphatic carbocycles. The molecule has 0 amide bonds. The fraction of sp³-hybridized carbons (Fsp3) is 0.706. The zero-order valence-electron chi connectivity index (χ0n) is 13.6. The van der Waals surface area contributed by atoms with E-state index in [0.717, 1.165) is 25.7 Å². The number of nitrogens with one attached hydrogen (secondary N) is 2. The molecule has 6 heteroatoms. The van der Waals surface area contributed by atoms with E-state index in [2.05, 4.69) is 34.4 Å². The van der Waals surface area contributed by atoms with Crippen molar-refractivity contribution in [3.8, 4) is 0 Å². The number of thiophene rings is 1. The van der Waals surface area contributed by atoms with Gasteiger partial charge in [0.25, 0.3) is 0 Å². The minimum atomic E-state index is 0. The Hall–Kier alpha value is -0.340. The van der Waals surface area contributed by atoms with Crippen LogP contribution in [0.15, 0.2) is 21.8 Å². The number of guanidine groups is 1. The number of aliphatic imine (C=N–C) groups is 1. The van der Waals surface area contributed by atoms with Crippen molar-refractivity contribution in [2.75, 3.05) is 13.2 Å². The number of hydrogen-bond acceptors (Lipinski definition) is 3. The fourth-order valence-electron chi connectivity index (χ4n) is 4.48. The first-order valence-corrected chi connectivity index (χ1v) is 9.45. The van der Waals surface area contributed by atoms with E-state index in [-0.39, 0.29) is 24.0 Å². The van der Waals surface area contributed by atoms with Crippen LogP contribution in [0.2, 0.25) is 0 Å². The Labute approximate surface area is 159 Å². The summed E-state index contributed by atoms with van der Waals surface area (Å²) in [7, 11) is 0. The Bertz CT molecular complexity index is 544. The molecule has 1 spiro atoms. The van der Waals surface area contributed by atoms with Gasteiger partial charge in [0.05, 0.1) is 12.6 Å². The molecule has 0 aromatic carbocycles. The van der Waals surface area contributed by atoms with Gasteiger partial charge in [0.15, 0.2) is 5.96 Å². The quantitative estimate of drug-likeness (QED) is 0.423. The lowest BCUT2D eigenvalue weighted by Gasteiger charge is -2.63. The summed E-state index contributed by atoms with van der Waals surface area (Å²) in [6.07, 6.45) is 5.70. The molecule has 1 aliphatic heterocycles. The van der Waals surface area contributed by atoms with Gasteiger partial charge in [-0.05, 0) is 48.6 Å². The molecule has 3 aliphatic rings. The second kappa shape index (κ2) is 7.27. The van der Waals surface area contributed by atoms with Gasteiger partial charge in [0, 0.05) is 30.5 Å². The standard InChI is InChI=1S/C17H25N3OS.HI/c1-2-18-16(19-10-12-5-9-22-11-12)20-14-13-4-8-21-15(13)17(14)6-3-7-17;/h5,9,11,13-15H,2-4,6-8,10H2,1H3,(H2,18,19,20);1H. The largest absolute Gasteiger partial charge is 0.377 e. The molecule has 2 heterocycles. The zero-order valence-corrected chi connectivity index (χ0v) is 16.7. The molecule has 4 nitrogen and oxygen atoms in total. The molecule has 0 radical (unpaired) electrons. The first-order valence-electron chi connectivity index (χ1n) is 8.51. The molecule has 3 atom stereocenters. The van der Waals surface area contributed by atoms with Crippen LogP contribution >= 0.6 is 35.3 Å². The lowest BCUT2D eigenvalue weighted by molar-refractivity contribution is -0.171. The first kappa shape index (κ1) is 17.5. The minimum Gasteiger partial charge on any atom is -0.377 e. The third-order valence-corrected chi connectivity index (χ3v) is 6.40. The van der Waals surface area contributed by atoms with Crippen molar-refractivity contribution in [3.63, 3.8) is 0 Å². The first-order chi connectivity index (χ1) is 10.8. The second-order valence-corrected chi connectivity index (χ2v) is 7.56. The summed E-state index contributed by atoms with van der Waals surface area (Å²) >= 11 is 1.73. The Kier molecular flexibility index (Phi) is 5.53. The van der Waals surface area contributed by atoms with Crippen molar-refractivity contribution in [1.29, 1.82) is 0 Å². The van der Waals surface area contributed by atoms with Crippen molar-refractivity contribution in [3.05, 3.63) is 22.4 Å². The van der Waals surface area contributed by atoms with Crippen molar-refractivity contribution in [2.24, 2.45) is 16.3 Å². The van der Waals surface area contributed by atoms with Gasteiger partial charge in [-0.25, -0.2) is 4.99 Å². The van der Waals surface area contributed by atoms with Crippen molar-refractivity contribution >= 4 is 41.3 Å². The molecule has 23 heavy (non-hydrogen) atoms. The molecule has 1 aromatic heterocycles. The van der Waals surface area contributed by atoms with Crippen LogP contribution in [0, 0.1) is 11.3 Å². The summed E-state index contributed by atoms with van der Waals surface area (Å²) in [4.78, 5) is 4.78. The van der Waals surface area contributed by atoms with Crippen molar-refractivity contribution < 1.29 is 4.74 Å². The Balaban J connectivity index is 0.00000156. The van der Waals surface area contributed by atoms with Crippen LogP contribution in [-0.2, 0) is 11.3 Å². The molecule has 1 aromatic rings. The minimum absolute atomic E-state index is 0. The maximum atomic E-state index is 6.00. The van der Waals surface area contributed by atoms with E-state index in [1.807, 2.05) is 0 Å². The van der Waals surface area contributed by atoms with E-state index in [1.54, 1.807) is 11.3 Å². The van der Waals surface area contributed by atoms with Crippen LogP contribution in [0.3, 0.4) is 0 Å². The summed E-state index contributed by atoms with van der Waals surface area (Å²) < 4.78 is 6.00. The Morgan fingerprint density at radius 2 is 2.35 bits per heavy atom. The molecule has 2 saturated carbocycles. The predicted molar refractivity (Wildman–Crippen MR) is 106 cm³/mol. The van der Waals surface area contributed by atoms with Crippen LogP contribution in [0.4, 0.5) is 0 Å². The van der Waals surface area contributed by atoms with Crippen LogP contribution < -0.4 is 10.6 Å². The van der Waals surface area contributed by atoms with Gasteiger partial charge in [0.1, 0.15) is 0 Å². The summed E-state index contributed by atoms with van der Waals surface area (Å²) in [5.74, 6) is 1.65. The predicted octanol–water partition coefficient (Wildman–Crippen LogP) is 3.38. The highest BCUT2D eigenvalue weighted by molar-refractivity contribution is 14.0. The van der Waals surface area contributed by atoms with Crippen LogP contribution in [0.25, 0.3) is 0 Å². The van der Waals surface area contributed by atoms with Crippen molar-refractivity contribution in [2.45, 2.75) is 51.3 Å². The van der Waals surface area contributed by atoms with Crippen LogP contribution in [0.1, 0.15) is 38.2 Å². The van der Waals surface area contributed by atoms with E-state index in [1.165, 1.54) is 31.2 Å². The number of hydrogen-bond donors (Lipinski definition) is 2. The molecular formula is C17H26IN3OS. The molecule has 0 bridgehead atoms. The van der Waals surface area contributed by atoms with Gasteiger partial charge >= 0.3 is 0 Å². The Morgan fingerprint density at radius 1 is 1.48 bits per heavy atom. The number of fused-ring (bicyclic) bond motifs is 2. The highest BCUT2D eigenvalue weighted by atomic mass is 127. The molecule has 3 fully saturated rings. The van der Waals surface area contributed by atoms with Gasteiger partial charge in [-0.2, -0.15) is 11.3 Å². The third-order valence-electron chi connectivity index (χ3n) is 5.67. The fourth-order valence-corrected chi connectivity index (χ4v) is 5.14. The van der Waals surface area contributed by atoms with E-state index in [9.17, 15) is 0 Å². The molecule has 2 N–H and O–H groups in total. The maximum absolute atomic E-state index is 6.00. The normalized spacial score (nSPS) is 30.8. The van der Waals surface area contributed by atoms with Crippen molar-refractivity contribution in [1.82, 2.24) is 10.6 Å². The summed E-state index contributed by atoms with van der Waals surface area (Å²) in [5.41, 5.74) is 1.69. The van der Waals surface area contributed by atoms with E-state index in [4.69, 9.17) is 9.73 Å². The lowest BCUT2D eigenvalue weighted by atomic mass is 9.46. The lowest BCUT2D eigenvalue weighted by Crippen LogP contribution is -2.72. The van der Waals surface area contributed by atoms with E-state index >= 15 is 0 Å². The molecule has 128 valence electrons. The summed E-state index contributed by atoms with van der Waals surface area (Å²) in [6, 6.07) is 2.70. The molecule has 1 saturated heterocycles. The van der Waals surface area contributed by atoms with Gasteiger partial charge in [-0.1, -0.05) is 6.42 Å². The number of halogens is 1. The average molecular weight is 447 g/mol. The maximum Gasteiger partial charge on any atom is 0.191 e. The van der Waals surface area contributed by atoms with Gasteiger partial charge in [0.2, 0.25) is 0 Å². The third kappa shape index (κ3) is 3.02. The van der Waals surface area contributed by atoms with E-state index < -0.39 is 0 Å². The topological polar surface area (TPSA) is 45.7 Å². The monoisotopic (exact) mass is 447 g/mol. The highest BCUT2D eigenvalue weighted by Crippen LogP contribution is 2.62.